The number of amides is 2. The van der Waals surface area contributed by atoms with E-state index in [0.29, 0.717) is 17.4 Å². The first-order valence-electron chi connectivity index (χ1n) is 8.83. The number of fused-ring (bicyclic) bond motifs is 5. The van der Waals surface area contributed by atoms with Gasteiger partial charge in [0, 0.05) is 11.8 Å². The molecular formula is C18H16N4O4S. The third-order valence-electron chi connectivity index (χ3n) is 5.73. The third-order valence-corrected chi connectivity index (χ3v) is 6.62. The Balaban J connectivity index is 1.49. The number of thioether (sulfide) groups is 1. The number of hydrogen-bond acceptors (Lipinski definition) is 7. The van der Waals surface area contributed by atoms with E-state index in [1.54, 1.807) is 6.07 Å². The predicted molar refractivity (Wildman–Crippen MR) is 102 cm³/mol. The number of rotatable bonds is 3. The van der Waals surface area contributed by atoms with Crippen molar-refractivity contribution in [1.29, 1.82) is 0 Å². The topological polar surface area (TPSA) is 105 Å². The Morgan fingerprint density at radius 1 is 1.19 bits per heavy atom. The van der Waals surface area contributed by atoms with Crippen molar-refractivity contribution >= 4 is 45.8 Å². The van der Waals surface area contributed by atoms with Crippen molar-refractivity contribution in [3.05, 3.63) is 40.5 Å². The van der Waals surface area contributed by atoms with Crippen LogP contribution in [0.2, 0.25) is 0 Å². The van der Waals surface area contributed by atoms with E-state index in [-0.39, 0.29) is 46.9 Å². The molecule has 2 fully saturated rings. The number of allylic oxidation sites excluding steroid dienone is 2. The molecule has 5 rings (SSSR count). The quantitative estimate of drug-likeness (QED) is 0.371. The molecule has 4 aliphatic rings. The summed E-state index contributed by atoms with van der Waals surface area (Å²) in [5.74, 6) is -0.0867. The predicted octanol–water partition coefficient (Wildman–Crippen LogP) is 2.42. The number of nitro benzene ring substituents is 1. The maximum Gasteiger partial charge on any atom is 0.294 e. The summed E-state index contributed by atoms with van der Waals surface area (Å²) in [6, 6.07) is 4.42. The molecule has 1 aromatic rings. The van der Waals surface area contributed by atoms with Gasteiger partial charge in [0.25, 0.3) is 5.69 Å². The molecule has 9 heteroatoms. The first-order chi connectivity index (χ1) is 13.0. The van der Waals surface area contributed by atoms with Crippen LogP contribution < -0.4 is 10.2 Å². The van der Waals surface area contributed by atoms with Gasteiger partial charge in [0.1, 0.15) is 5.69 Å². The first-order valence-corrected chi connectivity index (χ1v) is 9.82. The zero-order chi connectivity index (χ0) is 18.7. The van der Waals surface area contributed by atoms with E-state index in [0.717, 1.165) is 17.1 Å². The van der Waals surface area contributed by atoms with Crippen LogP contribution in [0.5, 0.6) is 0 Å². The summed E-state index contributed by atoms with van der Waals surface area (Å²) in [6.45, 7) is 0.675. The average Bonchev–Trinajstić information content (AvgIpc) is 3.41. The van der Waals surface area contributed by atoms with Crippen LogP contribution in [-0.2, 0) is 9.59 Å². The van der Waals surface area contributed by atoms with E-state index < -0.39 is 4.92 Å². The van der Waals surface area contributed by atoms with Crippen molar-refractivity contribution < 1.29 is 14.5 Å². The lowest BCUT2D eigenvalue weighted by molar-refractivity contribution is -0.383. The van der Waals surface area contributed by atoms with Crippen LogP contribution in [0.15, 0.2) is 35.3 Å². The monoisotopic (exact) mass is 384 g/mol. The summed E-state index contributed by atoms with van der Waals surface area (Å²) in [6.07, 6.45) is 4.90. The molecule has 2 aliphatic heterocycles. The molecular weight excluding hydrogens is 368 g/mol. The van der Waals surface area contributed by atoms with Gasteiger partial charge in [0.15, 0.2) is 5.17 Å². The highest BCUT2D eigenvalue weighted by molar-refractivity contribution is 8.14. The lowest BCUT2D eigenvalue weighted by Gasteiger charge is -2.18. The molecule has 1 saturated heterocycles. The van der Waals surface area contributed by atoms with Gasteiger partial charge < -0.3 is 5.32 Å². The van der Waals surface area contributed by atoms with E-state index in [1.165, 1.54) is 23.9 Å². The summed E-state index contributed by atoms with van der Waals surface area (Å²) >= 11 is 1.50. The SMILES string of the molecule is O=C1C2C3C=CC(C3)C2C(=O)N1c1ccc(NC2=NCCS2)c([N+](=O)[O-])c1. The van der Waals surface area contributed by atoms with Gasteiger partial charge in [-0.25, -0.2) is 4.90 Å². The molecule has 2 heterocycles. The van der Waals surface area contributed by atoms with Crippen LogP contribution in [0.4, 0.5) is 17.1 Å². The summed E-state index contributed by atoms with van der Waals surface area (Å²) in [4.78, 5) is 42.2. The molecule has 2 amide bonds. The van der Waals surface area contributed by atoms with Crippen LogP contribution in [0.1, 0.15) is 6.42 Å². The maximum atomic E-state index is 12.9. The molecule has 1 aromatic carbocycles. The summed E-state index contributed by atoms with van der Waals surface area (Å²) in [7, 11) is 0. The van der Waals surface area contributed by atoms with Gasteiger partial charge in [-0.3, -0.25) is 24.7 Å². The molecule has 27 heavy (non-hydrogen) atoms. The highest BCUT2D eigenvalue weighted by Crippen LogP contribution is 2.53. The van der Waals surface area contributed by atoms with E-state index in [2.05, 4.69) is 10.3 Å². The number of amidine groups is 1. The molecule has 0 spiro atoms. The molecule has 0 radical (unpaired) electrons. The summed E-state index contributed by atoms with van der Waals surface area (Å²) < 4.78 is 0. The normalized spacial score (nSPS) is 30.8. The minimum Gasteiger partial charge on any atom is -0.329 e. The second-order valence-electron chi connectivity index (χ2n) is 7.13. The summed E-state index contributed by atoms with van der Waals surface area (Å²) in [5.41, 5.74) is 0.386. The van der Waals surface area contributed by atoms with Crippen LogP contribution >= 0.6 is 11.8 Å². The van der Waals surface area contributed by atoms with E-state index >= 15 is 0 Å². The number of nitrogens with one attached hydrogen (secondary N) is 1. The highest BCUT2D eigenvalue weighted by atomic mass is 32.2. The number of carbonyl (C=O) groups excluding carboxylic acids is 2. The number of imide groups is 1. The Kier molecular flexibility index (Phi) is 3.61. The lowest BCUT2D eigenvalue weighted by atomic mass is 9.85. The fourth-order valence-corrected chi connectivity index (χ4v) is 5.34. The summed E-state index contributed by atoms with van der Waals surface area (Å²) in [5, 5.41) is 15.2. The minimum absolute atomic E-state index is 0.106. The fraction of sp³-hybridized carbons (Fsp3) is 0.389. The van der Waals surface area contributed by atoms with E-state index in [1.807, 2.05) is 12.2 Å². The van der Waals surface area contributed by atoms with Gasteiger partial charge in [-0.1, -0.05) is 23.9 Å². The Bertz CT molecular complexity index is 913. The van der Waals surface area contributed by atoms with Crippen molar-refractivity contribution in [3.63, 3.8) is 0 Å². The number of nitro groups is 1. The Morgan fingerprint density at radius 2 is 1.89 bits per heavy atom. The van der Waals surface area contributed by atoms with Gasteiger partial charge >= 0.3 is 0 Å². The minimum atomic E-state index is -0.511. The smallest absolute Gasteiger partial charge is 0.294 e. The van der Waals surface area contributed by atoms with Gasteiger partial charge in [0.05, 0.1) is 29.0 Å². The molecule has 1 saturated carbocycles. The number of aliphatic imine (C=N–C) groups is 1. The standard InChI is InChI=1S/C18H16N4O4S/c23-16-14-9-1-2-10(7-9)15(14)17(24)21(16)11-3-4-12(13(8-11)22(25)26)20-18-19-5-6-27-18/h1-4,8-10,14-15H,5-7H2,(H,19,20). The van der Waals surface area contributed by atoms with Crippen LogP contribution in [0.3, 0.4) is 0 Å². The third kappa shape index (κ3) is 2.41. The molecule has 2 bridgehead atoms. The molecule has 8 nitrogen and oxygen atoms in total. The molecule has 2 aliphatic carbocycles. The van der Waals surface area contributed by atoms with Crippen LogP contribution in [0.25, 0.3) is 0 Å². The fourth-order valence-electron chi connectivity index (χ4n) is 4.60. The molecule has 4 unspecified atom stereocenters. The maximum absolute atomic E-state index is 12.9. The van der Waals surface area contributed by atoms with Crippen molar-refractivity contribution in [2.45, 2.75) is 6.42 Å². The van der Waals surface area contributed by atoms with E-state index in [4.69, 9.17) is 0 Å². The average molecular weight is 384 g/mol. The van der Waals surface area contributed by atoms with E-state index in [9.17, 15) is 19.7 Å². The number of carbonyl (C=O) groups is 2. The Hall–Kier alpha value is -2.68. The van der Waals surface area contributed by atoms with Gasteiger partial charge in [-0.15, -0.1) is 0 Å². The van der Waals surface area contributed by atoms with Gasteiger partial charge in [0.2, 0.25) is 11.8 Å². The largest absolute Gasteiger partial charge is 0.329 e. The Morgan fingerprint density at radius 3 is 2.48 bits per heavy atom. The highest BCUT2D eigenvalue weighted by Gasteiger charge is 2.59. The second kappa shape index (κ2) is 5.91. The van der Waals surface area contributed by atoms with Crippen LogP contribution in [-0.4, -0.2) is 34.2 Å². The number of anilines is 2. The lowest BCUT2D eigenvalue weighted by Crippen LogP contribution is -2.32. The molecule has 138 valence electrons. The van der Waals surface area contributed by atoms with Crippen molar-refractivity contribution in [2.75, 3.05) is 22.5 Å². The zero-order valence-corrected chi connectivity index (χ0v) is 15.0. The van der Waals surface area contributed by atoms with Gasteiger partial charge in [-0.05, 0) is 30.4 Å². The van der Waals surface area contributed by atoms with Crippen molar-refractivity contribution in [1.82, 2.24) is 0 Å². The van der Waals surface area contributed by atoms with Crippen molar-refractivity contribution in [3.8, 4) is 0 Å². The van der Waals surface area contributed by atoms with Gasteiger partial charge in [-0.2, -0.15) is 0 Å². The Labute approximate surface area is 158 Å². The number of hydrogen-bond donors (Lipinski definition) is 1. The zero-order valence-electron chi connectivity index (χ0n) is 14.2. The van der Waals surface area contributed by atoms with Crippen molar-refractivity contribution in [2.24, 2.45) is 28.7 Å². The first kappa shape index (κ1) is 16.5. The van der Waals surface area contributed by atoms with Crippen LogP contribution in [0, 0.1) is 33.8 Å². The number of benzene rings is 1. The second-order valence-corrected chi connectivity index (χ2v) is 8.21. The molecule has 1 N–H and O–H groups in total. The molecule has 4 atom stereocenters. The molecule has 0 aromatic heterocycles. The number of nitrogens with zero attached hydrogens (tertiary/aromatic N) is 3.